The highest BCUT2D eigenvalue weighted by Crippen LogP contribution is 2.48. The molecule has 2 heterocycles. The van der Waals surface area contributed by atoms with Gasteiger partial charge in [-0.1, -0.05) is 0 Å². The molecular formula is C19H19N3O2S. The minimum atomic E-state index is 0.141. The van der Waals surface area contributed by atoms with Crippen LogP contribution in [-0.2, 0) is 4.79 Å². The predicted octanol–water partition coefficient (Wildman–Crippen LogP) is 4.05. The Balaban J connectivity index is 1.57. The normalized spacial score (nSPS) is 23.8. The third-order valence-corrected chi connectivity index (χ3v) is 6.19. The van der Waals surface area contributed by atoms with Gasteiger partial charge in [0, 0.05) is 17.8 Å². The van der Waals surface area contributed by atoms with Crippen molar-refractivity contribution >= 4 is 28.9 Å². The third kappa shape index (κ3) is 2.80. The van der Waals surface area contributed by atoms with Gasteiger partial charge in [-0.05, 0) is 45.0 Å². The van der Waals surface area contributed by atoms with Crippen molar-refractivity contribution in [3.63, 3.8) is 0 Å². The van der Waals surface area contributed by atoms with Gasteiger partial charge < -0.3 is 9.32 Å². The van der Waals surface area contributed by atoms with Gasteiger partial charge in [-0.2, -0.15) is 0 Å². The minimum Gasteiger partial charge on any atom is -0.444 e. The van der Waals surface area contributed by atoms with E-state index in [-0.39, 0.29) is 11.0 Å². The zero-order chi connectivity index (χ0) is 17.6. The van der Waals surface area contributed by atoms with Gasteiger partial charge in [0.2, 0.25) is 0 Å². The number of allylic oxidation sites excluding steroid dienone is 2. The molecule has 0 amide bonds. The number of oxazole rings is 1. The van der Waals surface area contributed by atoms with Crippen molar-refractivity contribution in [3.8, 4) is 11.3 Å². The van der Waals surface area contributed by atoms with Crippen molar-refractivity contribution in [2.45, 2.75) is 32.1 Å². The highest BCUT2D eigenvalue weighted by atomic mass is 32.2. The fourth-order valence-corrected chi connectivity index (χ4v) is 4.68. The molecule has 1 aromatic carbocycles. The second-order valence-electron chi connectivity index (χ2n) is 6.19. The van der Waals surface area contributed by atoms with Crippen molar-refractivity contribution in [1.29, 1.82) is 0 Å². The summed E-state index contributed by atoms with van der Waals surface area (Å²) in [7, 11) is 0. The number of hydrogen-bond acceptors (Lipinski definition) is 6. The van der Waals surface area contributed by atoms with Crippen LogP contribution in [0.4, 0.5) is 5.69 Å². The van der Waals surface area contributed by atoms with Crippen LogP contribution in [0.15, 0.2) is 56.9 Å². The number of ketones is 1. The van der Waals surface area contributed by atoms with E-state index in [1.54, 1.807) is 24.9 Å². The van der Waals surface area contributed by atoms with Crippen LogP contribution in [0, 0.1) is 0 Å². The van der Waals surface area contributed by atoms with E-state index in [1.165, 1.54) is 6.39 Å². The van der Waals surface area contributed by atoms with E-state index in [4.69, 9.17) is 9.41 Å². The molecule has 2 aliphatic rings. The maximum absolute atomic E-state index is 11.9. The topological polar surface area (TPSA) is 58.7 Å². The first kappa shape index (κ1) is 16.1. The zero-order valence-electron chi connectivity index (χ0n) is 14.4. The van der Waals surface area contributed by atoms with Gasteiger partial charge in [-0.3, -0.25) is 9.79 Å². The third-order valence-electron chi connectivity index (χ3n) is 4.62. The SMILES string of the molecule is CCN1C(C)=C(C(C)=O)SC2C(=Nc3ccc(-c4cnco4)cc3)C21. The lowest BCUT2D eigenvalue weighted by Crippen LogP contribution is -2.30. The highest BCUT2D eigenvalue weighted by Gasteiger charge is 2.54. The number of rotatable bonds is 4. The van der Waals surface area contributed by atoms with Gasteiger partial charge in [0.15, 0.2) is 17.9 Å². The molecule has 1 saturated carbocycles. The lowest BCUT2D eigenvalue weighted by Gasteiger charge is -2.28. The van der Waals surface area contributed by atoms with E-state index >= 15 is 0 Å². The molecule has 1 aromatic heterocycles. The number of nitrogens with zero attached hydrogens (tertiary/aromatic N) is 3. The van der Waals surface area contributed by atoms with E-state index in [0.29, 0.717) is 6.04 Å². The summed E-state index contributed by atoms with van der Waals surface area (Å²) in [4.78, 5) is 23.8. The monoisotopic (exact) mass is 353 g/mol. The van der Waals surface area contributed by atoms with Gasteiger partial charge in [-0.25, -0.2) is 4.98 Å². The van der Waals surface area contributed by atoms with Crippen molar-refractivity contribution in [3.05, 3.63) is 47.5 Å². The van der Waals surface area contributed by atoms with Crippen molar-refractivity contribution in [1.82, 2.24) is 9.88 Å². The molecule has 0 radical (unpaired) electrons. The lowest BCUT2D eigenvalue weighted by molar-refractivity contribution is -0.113. The smallest absolute Gasteiger partial charge is 0.181 e. The second kappa shape index (κ2) is 6.19. The Morgan fingerprint density at radius 3 is 2.72 bits per heavy atom. The minimum absolute atomic E-state index is 0.141. The molecule has 1 fully saturated rings. The standard InChI is InChI=1S/C19H19N3O2S/c1-4-22-11(2)18(12(3)23)25-19-16(17(19)22)21-14-7-5-13(6-8-14)15-9-20-10-24-15/h5-10,17,19H,4H2,1-3H3. The van der Waals surface area contributed by atoms with Crippen LogP contribution in [0.1, 0.15) is 20.8 Å². The van der Waals surface area contributed by atoms with Crippen LogP contribution < -0.4 is 0 Å². The molecule has 6 heteroatoms. The molecule has 1 aliphatic carbocycles. The Kier molecular flexibility index (Phi) is 4.00. The molecule has 2 atom stereocenters. The molecule has 2 unspecified atom stereocenters. The van der Waals surface area contributed by atoms with Gasteiger partial charge in [0.1, 0.15) is 0 Å². The first-order chi connectivity index (χ1) is 12.1. The van der Waals surface area contributed by atoms with Crippen LogP contribution in [0.2, 0.25) is 0 Å². The summed E-state index contributed by atoms with van der Waals surface area (Å²) in [5.74, 6) is 0.889. The molecule has 0 N–H and O–H groups in total. The summed E-state index contributed by atoms with van der Waals surface area (Å²) in [5.41, 5.74) is 4.13. The Labute approximate surface area is 150 Å². The quantitative estimate of drug-likeness (QED) is 0.830. The highest BCUT2D eigenvalue weighted by molar-refractivity contribution is 8.06. The molecule has 25 heavy (non-hydrogen) atoms. The molecule has 0 spiro atoms. The van der Waals surface area contributed by atoms with Crippen LogP contribution >= 0.6 is 11.8 Å². The number of benzene rings is 1. The van der Waals surface area contributed by atoms with Gasteiger partial charge >= 0.3 is 0 Å². The largest absolute Gasteiger partial charge is 0.444 e. The number of aliphatic imine (C=N–C) groups is 1. The van der Waals surface area contributed by atoms with Crippen LogP contribution in [0.3, 0.4) is 0 Å². The first-order valence-corrected chi connectivity index (χ1v) is 9.20. The summed E-state index contributed by atoms with van der Waals surface area (Å²) in [6.45, 7) is 6.68. The van der Waals surface area contributed by atoms with Gasteiger partial charge in [0.05, 0.1) is 33.8 Å². The number of aromatic nitrogens is 1. The number of carbonyl (C=O) groups excluding carboxylic acids is 1. The van der Waals surface area contributed by atoms with Crippen molar-refractivity contribution in [2.24, 2.45) is 4.99 Å². The van der Waals surface area contributed by atoms with Gasteiger partial charge in [0.25, 0.3) is 0 Å². The Hall–Kier alpha value is -2.34. The molecule has 0 saturated heterocycles. The summed E-state index contributed by atoms with van der Waals surface area (Å²) in [6, 6.07) is 8.26. The number of thioether (sulfide) groups is 1. The Bertz CT molecular complexity index is 869. The molecule has 128 valence electrons. The number of carbonyl (C=O) groups is 1. The van der Waals surface area contributed by atoms with Crippen LogP contribution in [0.5, 0.6) is 0 Å². The molecule has 2 aromatic rings. The number of hydrogen-bond donors (Lipinski definition) is 0. The van der Waals surface area contributed by atoms with Crippen LogP contribution in [0.25, 0.3) is 11.3 Å². The fourth-order valence-electron chi connectivity index (χ4n) is 3.32. The van der Waals surface area contributed by atoms with Gasteiger partial charge in [-0.15, -0.1) is 11.8 Å². The van der Waals surface area contributed by atoms with E-state index < -0.39 is 0 Å². The predicted molar refractivity (Wildman–Crippen MR) is 100.0 cm³/mol. The molecular weight excluding hydrogens is 334 g/mol. The molecule has 0 bridgehead atoms. The second-order valence-corrected chi connectivity index (χ2v) is 7.34. The van der Waals surface area contributed by atoms with Crippen molar-refractivity contribution < 1.29 is 9.21 Å². The van der Waals surface area contributed by atoms with E-state index in [1.807, 2.05) is 31.2 Å². The maximum Gasteiger partial charge on any atom is 0.181 e. The summed E-state index contributed by atoms with van der Waals surface area (Å²) in [6.07, 6.45) is 3.13. The number of fused-ring (bicyclic) bond motifs is 1. The molecule has 5 nitrogen and oxygen atoms in total. The summed E-state index contributed by atoms with van der Waals surface area (Å²) >= 11 is 1.66. The van der Waals surface area contributed by atoms with E-state index in [0.717, 1.165) is 39.9 Å². The fraction of sp³-hybridized carbons (Fsp3) is 0.316. The summed E-state index contributed by atoms with van der Waals surface area (Å²) < 4.78 is 5.31. The van der Waals surface area contributed by atoms with E-state index in [2.05, 4.69) is 16.8 Å². The maximum atomic E-state index is 11.9. The van der Waals surface area contributed by atoms with Crippen LogP contribution in [-0.4, -0.2) is 39.2 Å². The zero-order valence-corrected chi connectivity index (χ0v) is 15.2. The lowest BCUT2D eigenvalue weighted by atomic mass is 10.2. The average molecular weight is 353 g/mol. The summed E-state index contributed by atoms with van der Waals surface area (Å²) in [5, 5.41) is 0.288. The number of Topliss-reactive ketones (excluding diaryl/α,β-unsaturated/α-hetero) is 1. The van der Waals surface area contributed by atoms with E-state index in [9.17, 15) is 4.79 Å². The molecule has 4 rings (SSSR count). The Morgan fingerprint density at radius 1 is 1.36 bits per heavy atom. The first-order valence-electron chi connectivity index (χ1n) is 8.32. The van der Waals surface area contributed by atoms with Crippen molar-refractivity contribution in [2.75, 3.05) is 6.54 Å². The Morgan fingerprint density at radius 2 is 2.12 bits per heavy atom. The molecule has 1 aliphatic heterocycles. The average Bonchev–Trinajstić information content (AvgIpc) is 3.04.